The lowest BCUT2D eigenvalue weighted by atomic mass is 10.1. The number of rotatable bonds is 13. The van der Waals surface area contributed by atoms with Crippen molar-refractivity contribution in [2.45, 2.75) is 62.6 Å². The second-order valence-electron chi connectivity index (χ2n) is 10.5. The minimum Gasteiger partial charge on any atom is -0.493 e. The molecule has 236 valence electrons. The molecule has 1 atom stereocenters. The highest BCUT2D eigenvalue weighted by molar-refractivity contribution is 7.92. The van der Waals surface area contributed by atoms with Crippen LogP contribution in [0.2, 0.25) is 10.0 Å². The predicted molar refractivity (Wildman–Crippen MR) is 172 cm³/mol. The van der Waals surface area contributed by atoms with Gasteiger partial charge in [0.2, 0.25) is 11.8 Å². The third-order valence-electron chi connectivity index (χ3n) is 7.72. The van der Waals surface area contributed by atoms with Gasteiger partial charge in [0, 0.05) is 28.7 Å². The van der Waals surface area contributed by atoms with Crippen molar-refractivity contribution in [1.29, 1.82) is 0 Å². The van der Waals surface area contributed by atoms with Gasteiger partial charge in [-0.3, -0.25) is 13.9 Å². The van der Waals surface area contributed by atoms with Crippen LogP contribution in [0.1, 0.15) is 44.6 Å². The number of halogens is 2. The Morgan fingerprint density at radius 1 is 0.955 bits per heavy atom. The molecule has 0 aromatic heterocycles. The fraction of sp³-hybridized carbons (Fsp3) is 0.375. The van der Waals surface area contributed by atoms with E-state index in [1.165, 1.54) is 49.5 Å². The van der Waals surface area contributed by atoms with Crippen LogP contribution in [0.4, 0.5) is 5.69 Å². The first-order chi connectivity index (χ1) is 21.1. The summed E-state index contributed by atoms with van der Waals surface area (Å²) in [7, 11) is -1.47. The van der Waals surface area contributed by atoms with Gasteiger partial charge in [-0.25, -0.2) is 8.42 Å². The summed E-state index contributed by atoms with van der Waals surface area (Å²) in [4.78, 5) is 29.2. The highest BCUT2D eigenvalue weighted by atomic mass is 35.5. The van der Waals surface area contributed by atoms with Crippen molar-refractivity contribution in [3.63, 3.8) is 0 Å². The van der Waals surface area contributed by atoms with Crippen molar-refractivity contribution >= 4 is 50.7 Å². The van der Waals surface area contributed by atoms with Gasteiger partial charge < -0.3 is 19.7 Å². The lowest BCUT2D eigenvalue weighted by Crippen LogP contribution is -2.53. The normalized spacial score (nSPS) is 14.1. The van der Waals surface area contributed by atoms with Crippen LogP contribution in [0.15, 0.2) is 71.6 Å². The molecule has 1 unspecified atom stereocenters. The van der Waals surface area contributed by atoms with E-state index < -0.39 is 28.5 Å². The number of sulfonamides is 1. The first-order valence-corrected chi connectivity index (χ1v) is 16.6. The van der Waals surface area contributed by atoms with E-state index in [9.17, 15) is 18.0 Å². The molecule has 0 aliphatic heterocycles. The summed E-state index contributed by atoms with van der Waals surface area (Å²) < 4.78 is 40.0. The molecule has 12 heteroatoms. The van der Waals surface area contributed by atoms with Gasteiger partial charge in [-0.15, -0.1) is 0 Å². The Balaban J connectivity index is 1.75. The van der Waals surface area contributed by atoms with Gasteiger partial charge in [-0.05, 0) is 67.3 Å². The summed E-state index contributed by atoms with van der Waals surface area (Å²) in [6.45, 7) is 1.25. The Hall–Kier alpha value is -3.47. The van der Waals surface area contributed by atoms with E-state index in [4.69, 9.17) is 32.7 Å². The third kappa shape index (κ3) is 7.78. The molecule has 0 bridgehead atoms. The quantitative estimate of drug-likeness (QED) is 0.238. The summed E-state index contributed by atoms with van der Waals surface area (Å²) in [5, 5.41) is 3.93. The second kappa shape index (κ2) is 15.0. The molecule has 0 spiro atoms. The molecule has 3 aromatic carbocycles. The number of hydrogen-bond acceptors (Lipinski definition) is 6. The largest absolute Gasteiger partial charge is 0.493 e. The maximum atomic E-state index is 14.3. The van der Waals surface area contributed by atoms with E-state index in [-0.39, 0.29) is 34.8 Å². The number of benzene rings is 3. The van der Waals surface area contributed by atoms with Crippen molar-refractivity contribution in [2.24, 2.45) is 0 Å². The number of carbonyl (C=O) groups excluding carboxylic acids is 2. The standard InChI is InChI=1S/C32H37Cl2N3O6S/c1-4-28(32(39)35-24-10-6-7-11-24)36(20-22-9-5-8-12-27(22)34)31(38)21-37(25-15-13-23(33)14-16-25)44(40,41)26-17-18-29(42-2)30(19-26)43-3/h5,8-9,12-19,24,28H,4,6-7,10-11,20-21H2,1-3H3,(H,35,39). The number of nitrogens with one attached hydrogen (secondary N) is 1. The van der Waals surface area contributed by atoms with Gasteiger partial charge in [0.25, 0.3) is 10.0 Å². The van der Waals surface area contributed by atoms with Gasteiger partial charge in [-0.1, -0.05) is 61.2 Å². The molecular weight excluding hydrogens is 625 g/mol. The Labute approximate surface area is 269 Å². The summed E-state index contributed by atoms with van der Waals surface area (Å²) >= 11 is 12.6. The van der Waals surface area contributed by atoms with E-state index in [1.807, 2.05) is 6.92 Å². The van der Waals surface area contributed by atoms with E-state index >= 15 is 0 Å². The first-order valence-electron chi connectivity index (χ1n) is 14.4. The molecule has 44 heavy (non-hydrogen) atoms. The van der Waals surface area contributed by atoms with Crippen molar-refractivity contribution in [1.82, 2.24) is 10.2 Å². The van der Waals surface area contributed by atoms with Crippen molar-refractivity contribution < 1.29 is 27.5 Å². The smallest absolute Gasteiger partial charge is 0.264 e. The summed E-state index contributed by atoms with van der Waals surface area (Å²) in [5.41, 5.74) is 0.856. The number of methoxy groups -OCH3 is 2. The van der Waals surface area contributed by atoms with E-state index in [2.05, 4.69) is 5.32 Å². The molecule has 3 aromatic rings. The van der Waals surface area contributed by atoms with Crippen molar-refractivity contribution in [3.05, 3.63) is 82.3 Å². The molecule has 0 radical (unpaired) electrons. The lowest BCUT2D eigenvalue weighted by molar-refractivity contribution is -0.140. The zero-order valence-corrected chi connectivity index (χ0v) is 27.3. The number of anilines is 1. The number of nitrogens with zero attached hydrogens (tertiary/aromatic N) is 2. The maximum Gasteiger partial charge on any atom is 0.264 e. The Morgan fingerprint density at radius 2 is 1.61 bits per heavy atom. The summed E-state index contributed by atoms with van der Waals surface area (Å²) in [5.74, 6) is -0.283. The zero-order valence-electron chi connectivity index (χ0n) is 25.0. The van der Waals surface area contributed by atoms with Gasteiger partial charge in [0.1, 0.15) is 12.6 Å². The Morgan fingerprint density at radius 3 is 2.23 bits per heavy atom. The topological polar surface area (TPSA) is 105 Å². The molecule has 0 saturated heterocycles. The molecule has 9 nitrogen and oxygen atoms in total. The van der Waals surface area contributed by atoms with Gasteiger partial charge in [-0.2, -0.15) is 0 Å². The number of hydrogen-bond donors (Lipinski definition) is 1. The van der Waals surface area contributed by atoms with E-state index in [1.54, 1.807) is 36.4 Å². The highest BCUT2D eigenvalue weighted by Gasteiger charge is 2.35. The molecule has 0 heterocycles. The zero-order chi connectivity index (χ0) is 31.9. The maximum absolute atomic E-state index is 14.3. The molecule has 1 aliphatic rings. The summed E-state index contributed by atoms with van der Waals surface area (Å²) in [6, 6.07) is 16.6. The minimum atomic E-state index is -4.32. The third-order valence-corrected chi connectivity index (χ3v) is 10.1. The fourth-order valence-corrected chi connectivity index (χ4v) is 7.09. The van der Waals surface area contributed by atoms with Crippen LogP contribution < -0.4 is 19.1 Å². The van der Waals surface area contributed by atoms with Crippen LogP contribution in [0.5, 0.6) is 11.5 Å². The van der Waals surface area contributed by atoms with Gasteiger partial charge in [0.05, 0.1) is 24.8 Å². The SMILES string of the molecule is CCC(C(=O)NC1CCCC1)N(Cc1ccccc1Cl)C(=O)CN(c1ccc(Cl)cc1)S(=O)(=O)c1ccc(OC)c(OC)c1. The minimum absolute atomic E-state index is 0.0139. The van der Waals surface area contributed by atoms with Gasteiger partial charge in [0.15, 0.2) is 11.5 Å². The van der Waals surface area contributed by atoms with E-state index in [0.717, 1.165) is 30.0 Å². The number of amides is 2. The highest BCUT2D eigenvalue weighted by Crippen LogP contribution is 2.33. The molecule has 1 aliphatic carbocycles. The summed E-state index contributed by atoms with van der Waals surface area (Å²) in [6.07, 6.45) is 4.16. The molecule has 2 amide bonds. The van der Waals surface area contributed by atoms with Crippen LogP contribution in [-0.2, 0) is 26.2 Å². The van der Waals surface area contributed by atoms with E-state index in [0.29, 0.717) is 27.8 Å². The van der Waals surface area contributed by atoms with Crippen LogP contribution in [0.25, 0.3) is 0 Å². The average molecular weight is 663 g/mol. The van der Waals surface area contributed by atoms with Crippen LogP contribution in [0, 0.1) is 0 Å². The van der Waals surface area contributed by atoms with Crippen molar-refractivity contribution in [2.75, 3.05) is 25.1 Å². The lowest BCUT2D eigenvalue weighted by Gasteiger charge is -2.34. The first kappa shape index (κ1) is 33.4. The fourth-order valence-electron chi connectivity index (χ4n) is 5.34. The van der Waals surface area contributed by atoms with Crippen LogP contribution in [-0.4, -0.2) is 58.0 Å². The molecular formula is C32H37Cl2N3O6S. The molecule has 1 N–H and O–H groups in total. The Kier molecular flexibility index (Phi) is 11.4. The van der Waals surface area contributed by atoms with Crippen LogP contribution >= 0.6 is 23.2 Å². The molecule has 4 rings (SSSR count). The Bertz CT molecular complexity index is 1560. The number of ether oxygens (including phenoxy) is 2. The van der Waals surface area contributed by atoms with Crippen LogP contribution in [0.3, 0.4) is 0 Å². The molecule has 1 saturated carbocycles. The number of carbonyl (C=O) groups is 2. The predicted octanol–water partition coefficient (Wildman–Crippen LogP) is 6.07. The monoisotopic (exact) mass is 661 g/mol. The van der Waals surface area contributed by atoms with Gasteiger partial charge >= 0.3 is 0 Å². The average Bonchev–Trinajstić information content (AvgIpc) is 3.53. The second-order valence-corrected chi connectivity index (χ2v) is 13.2. The molecule has 1 fully saturated rings. The van der Waals surface area contributed by atoms with Crippen molar-refractivity contribution in [3.8, 4) is 11.5 Å².